The first kappa shape index (κ1) is 18.3. The van der Waals surface area contributed by atoms with Gasteiger partial charge in [0.05, 0.1) is 5.56 Å². The summed E-state index contributed by atoms with van der Waals surface area (Å²) >= 11 is 0. The molecule has 28 heavy (non-hydrogen) atoms. The summed E-state index contributed by atoms with van der Waals surface area (Å²) in [6.45, 7) is 0.847. The van der Waals surface area contributed by atoms with Crippen LogP contribution in [0.2, 0.25) is 0 Å². The number of alkyl halides is 3. The Balaban J connectivity index is 1.73. The fraction of sp³-hybridized carbons (Fsp3) is 0.190. The molecule has 0 spiro atoms. The lowest BCUT2D eigenvalue weighted by molar-refractivity contribution is -0.137. The zero-order valence-corrected chi connectivity index (χ0v) is 14.7. The van der Waals surface area contributed by atoms with Gasteiger partial charge in [-0.1, -0.05) is 18.2 Å². The van der Waals surface area contributed by atoms with Crippen LogP contribution in [0.3, 0.4) is 0 Å². The number of rotatable bonds is 2. The van der Waals surface area contributed by atoms with Gasteiger partial charge in [0.15, 0.2) is 0 Å². The Bertz CT molecular complexity index is 1010. The molecule has 4 rings (SSSR count). The normalized spacial score (nSPS) is 16.7. The van der Waals surface area contributed by atoms with Gasteiger partial charge in [0, 0.05) is 36.1 Å². The van der Waals surface area contributed by atoms with Crippen molar-refractivity contribution in [1.82, 2.24) is 9.47 Å². The Morgan fingerprint density at radius 3 is 2.32 bits per heavy atom. The molecule has 1 unspecified atom stereocenters. The monoisotopic (exact) mass is 388 g/mol. The topological polar surface area (TPSA) is 25.2 Å². The average molecular weight is 388 g/mol. The number of nitrogens with zero attached hydrogens (tertiary/aromatic N) is 2. The lowest BCUT2D eigenvalue weighted by Gasteiger charge is -2.37. The third-order valence-electron chi connectivity index (χ3n) is 4.96. The minimum atomic E-state index is -4.47. The van der Waals surface area contributed by atoms with Crippen LogP contribution in [0.1, 0.15) is 33.2 Å². The van der Waals surface area contributed by atoms with Crippen LogP contribution in [0.4, 0.5) is 17.6 Å². The van der Waals surface area contributed by atoms with Gasteiger partial charge >= 0.3 is 6.18 Å². The van der Waals surface area contributed by atoms with Crippen LogP contribution in [0, 0.1) is 5.82 Å². The molecule has 0 saturated heterocycles. The maximum Gasteiger partial charge on any atom is 0.416 e. The smallest absolute Gasteiger partial charge is 0.348 e. The number of amides is 1. The largest absolute Gasteiger partial charge is 0.416 e. The highest BCUT2D eigenvalue weighted by Crippen LogP contribution is 2.35. The van der Waals surface area contributed by atoms with Crippen LogP contribution < -0.4 is 0 Å². The first-order valence-corrected chi connectivity index (χ1v) is 8.74. The summed E-state index contributed by atoms with van der Waals surface area (Å²) in [4.78, 5) is 14.6. The molecule has 0 radical (unpaired) electrons. The zero-order chi connectivity index (χ0) is 19.9. The molecule has 2 heterocycles. The standard InChI is InChI=1S/C21H16F4N2O/c22-17-5-2-1-4-16(17)19-18-6-3-11-26(18)12-13-27(19)20(28)14-7-9-15(10-8-14)21(23,24)25/h1-11,19H,12-13H2. The molecule has 0 bridgehead atoms. The number of aromatic nitrogens is 1. The van der Waals surface area contributed by atoms with Gasteiger partial charge in [-0.3, -0.25) is 4.79 Å². The van der Waals surface area contributed by atoms with Crippen molar-refractivity contribution in [2.45, 2.75) is 18.8 Å². The van der Waals surface area contributed by atoms with Crippen LogP contribution in [-0.2, 0) is 12.7 Å². The Hall–Kier alpha value is -3.09. The van der Waals surface area contributed by atoms with Crippen molar-refractivity contribution in [3.05, 3.63) is 95.1 Å². The third kappa shape index (κ3) is 3.17. The zero-order valence-electron chi connectivity index (χ0n) is 14.7. The second-order valence-corrected chi connectivity index (χ2v) is 6.62. The number of hydrogen-bond acceptors (Lipinski definition) is 1. The van der Waals surface area contributed by atoms with Crippen LogP contribution >= 0.6 is 0 Å². The first-order valence-electron chi connectivity index (χ1n) is 8.74. The Morgan fingerprint density at radius 1 is 0.929 bits per heavy atom. The molecule has 0 fully saturated rings. The van der Waals surface area contributed by atoms with Crippen molar-refractivity contribution in [3.8, 4) is 0 Å². The lowest BCUT2D eigenvalue weighted by Crippen LogP contribution is -2.42. The number of benzene rings is 2. The van der Waals surface area contributed by atoms with E-state index < -0.39 is 29.5 Å². The van der Waals surface area contributed by atoms with E-state index in [2.05, 4.69) is 0 Å². The average Bonchev–Trinajstić information content (AvgIpc) is 3.15. The molecule has 0 aliphatic carbocycles. The van der Waals surface area contributed by atoms with E-state index in [1.54, 1.807) is 18.2 Å². The molecule has 1 amide bonds. The van der Waals surface area contributed by atoms with E-state index in [-0.39, 0.29) is 5.56 Å². The number of fused-ring (bicyclic) bond motifs is 1. The van der Waals surface area contributed by atoms with E-state index in [4.69, 9.17) is 0 Å². The molecule has 1 atom stereocenters. The van der Waals surface area contributed by atoms with E-state index in [1.807, 2.05) is 22.9 Å². The summed E-state index contributed by atoms with van der Waals surface area (Å²) in [6.07, 6.45) is -2.60. The van der Waals surface area contributed by atoms with Crippen molar-refractivity contribution in [1.29, 1.82) is 0 Å². The van der Waals surface area contributed by atoms with Gasteiger partial charge in [-0.25, -0.2) is 4.39 Å². The SMILES string of the molecule is O=C(c1ccc(C(F)(F)F)cc1)N1CCn2cccc2C1c1ccccc1F. The second-order valence-electron chi connectivity index (χ2n) is 6.62. The van der Waals surface area contributed by atoms with E-state index in [0.29, 0.717) is 18.7 Å². The Kier molecular flexibility index (Phi) is 4.45. The quantitative estimate of drug-likeness (QED) is 0.574. The molecule has 3 aromatic rings. The number of halogens is 4. The van der Waals surface area contributed by atoms with Crippen LogP contribution in [0.15, 0.2) is 66.9 Å². The van der Waals surface area contributed by atoms with Gasteiger partial charge in [0.2, 0.25) is 0 Å². The van der Waals surface area contributed by atoms with Crippen LogP contribution in [0.5, 0.6) is 0 Å². The minimum Gasteiger partial charge on any atom is -0.348 e. The van der Waals surface area contributed by atoms with Crippen LogP contribution in [-0.4, -0.2) is 21.9 Å². The highest BCUT2D eigenvalue weighted by atomic mass is 19.4. The van der Waals surface area contributed by atoms with Gasteiger partial charge in [-0.2, -0.15) is 13.2 Å². The molecule has 7 heteroatoms. The van der Waals surface area contributed by atoms with E-state index in [1.165, 1.54) is 11.0 Å². The number of hydrogen-bond donors (Lipinski definition) is 0. The summed E-state index contributed by atoms with van der Waals surface area (Å²) in [6, 6.07) is 13.3. The summed E-state index contributed by atoms with van der Waals surface area (Å²) in [5.41, 5.74) is 0.426. The van der Waals surface area contributed by atoms with Gasteiger partial charge < -0.3 is 9.47 Å². The molecular weight excluding hydrogens is 372 g/mol. The maximum absolute atomic E-state index is 14.5. The van der Waals surface area contributed by atoms with Crippen molar-refractivity contribution >= 4 is 5.91 Å². The maximum atomic E-state index is 14.5. The summed E-state index contributed by atoms with van der Waals surface area (Å²) < 4.78 is 54.9. The predicted molar refractivity (Wildman–Crippen MR) is 95.2 cm³/mol. The molecule has 3 nitrogen and oxygen atoms in total. The molecule has 0 N–H and O–H groups in total. The number of carbonyl (C=O) groups excluding carboxylic acids is 1. The van der Waals surface area contributed by atoms with Crippen molar-refractivity contribution in [2.24, 2.45) is 0 Å². The predicted octanol–water partition coefficient (Wildman–Crippen LogP) is 4.89. The molecule has 1 aliphatic rings. The van der Waals surface area contributed by atoms with Crippen LogP contribution in [0.25, 0.3) is 0 Å². The van der Waals surface area contributed by atoms with Crippen molar-refractivity contribution < 1.29 is 22.4 Å². The third-order valence-corrected chi connectivity index (χ3v) is 4.96. The highest BCUT2D eigenvalue weighted by Gasteiger charge is 2.35. The molecule has 144 valence electrons. The summed E-state index contributed by atoms with van der Waals surface area (Å²) in [5.74, 6) is -0.873. The molecule has 2 aromatic carbocycles. The van der Waals surface area contributed by atoms with Gasteiger partial charge in [0.1, 0.15) is 11.9 Å². The van der Waals surface area contributed by atoms with E-state index in [0.717, 1.165) is 30.0 Å². The molecule has 0 saturated carbocycles. The van der Waals surface area contributed by atoms with Gasteiger partial charge in [-0.05, 0) is 42.5 Å². The fourth-order valence-corrected chi connectivity index (χ4v) is 3.59. The molecular formula is C21H16F4N2O. The van der Waals surface area contributed by atoms with Gasteiger partial charge in [0.25, 0.3) is 5.91 Å². The second kappa shape index (κ2) is 6.82. The highest BCUT2D eigenvalue weighted by molar-refractivity contribution is 5.95. The first-order chi connectivity index (χ1) is 13.4. The molecule has 1 aliphatic heterocycles. The summed E-state index contributed by atoms with van der Waals surface area (Å²) in [5, 5.41) is 0. The van der Waals surface area contributed by atoms with Crippen molar-refractivity contribution in [3.63, 3.8) is 0 Å². The fourth-order valence-electron chi connectivity index (χ4n) is 3.59. The van der Waals surface area contributed by atoms with E-state index in [9.17, 15) is 22.4 Å². The molecule has 1 aromatic heterocycles. The number of carbonyl (C=O) groups is 1. The van der Waals surface area contributed by atoms with E-state index >= 15 is 0 Å². The van der Waals surface area contributed by atoms with Gasteiger partial charge in [-0.15, -0.1) is 0 Å². The summed E-state index contributed by atoms with van der Waals surface area (Å²) in [7, 11) is 0. The lowest BCUT2D eigenvalue weighted by atomic mass is 9.98. The van der Waals surface area contributed by atoms with Crippen molar-refractivity contribution in [2.75, 3.05) is 6.54 Å². The Morgan fingerprint density at radius 2 is 1.64 bits per heavy atom. The minimum absolute atomic E-state index is 0.134. The Labute approximate surface area is 158 Å².